The van der Waals surface area contributed by atoms with Gasteiger partial charge < -0.3 is 21.8 Å². The first kappa shape index (κ1) is 24.5. The standard InChI is InChI=1S/C26H27N7O3/c1-3-6-21(34)32-14-5-7-19(32)25-31-22(23(24(27)35)33(25)28)17-8-10-18(11-9-17)26(36)30-20-15-16(4-2)12-13-29-20/h8-13,15,19H,4-5,7,14,28H2,1-2H3,(H2,27,35)(H,29,30,36)/t19-/m0/s1. The number of aryl methyl sites for hydroxylation is 1. The van der Waals surface area contributed by atoms with Crippen molar-refractivity contribution in [3.63, 3.8) is 0 Å². The lowest BCUT2D eigenvalue weighted by atomic mass is 10.1. The van der Waals surface area contributed by atoms with Crippen LogP contribution in [0, 0.1) is 11.8 Å². The summed E-state index contributed by atoms with van der Waals surface area (Å²) < 4.78 is 1.15. The summed E-state index contributed by atoms with van der Waals surface area (Å²) >= 11 is 0. The molecule has 10 nitrogen and oxygen atoms in total. The number of primary amides is 1. The van der Waals surface area contributed by atoms with E-state index in [1.165, 1.54) is 0 Å². The average Bonchev–Trinajstić information content (AvgIpc) is 3.49. The summed E-state index contributed by atoms with van der Waals surface area (Å²) in [6.07, 6.45) is 3.87. The number of hydrogen-bond donors (Lipinski definition) is 3. The molecule has 0 radical (unpaired) electrons. The van der Waals surface area contributed by atoms with Crippen LogP contribution in [-0.2, 0) is 11.2 Å². The van der Waals surface area contributed by atoms with Gasteiger partial charge in [-0.2, -0.15) is 0 Å². The van der Waals surface area contributed by atoms with Gasteiger partial charge in [-0.05, 0) is 61.9 Å². The third kappa shape index (κ3) is 4.77. The molecule has 4 rings (SSSR count). The molecule has 1 fully saturated rings. The van der Waals surface area contributed by atoms with Crippen molar-refractivity contribution in [2.45, 2.75) is 39.2 Å². The number of nitrogens with two attached hydrogens (primary N) is 2. The highest BCUT2D eigenvalue weighted by Crippen LogP contribution is 2.34. The Labute approximate surface area is 208 Å². The van der Waals surface area contributed by atoms with Crippen molar-refractivity contribution in [2.24, 2.45) is 5.73 Å². The van der Waals surface area contributed by atoms with E-state index in [9.17, 15) is 14.4 Å². The minimum atomic E-state index is -0.751. The Morgan fingerprint density at radius 1 is 1.19 bits per heavy atom. The van der Waals surface area contributed by atoms with E-state index in [0.29, 0.717) is 35.7 Å². The lowest BCUT2D eigenvalue weighted by Crippen LogP contribution is -2.33. The van der Waals surface area contributed by atoms with E-state index in [1.807, 2.05) is 19.1 Å². The zero-order chi connectivity index (χ0) is 25.8. The molecular weight excluding hydrogens is 458 g/mol. The Morgan fingerprint density at radius 3 is 2.61 bits per heavy atom. The topological polar surface area (TPSA) is 149 Å². The van der Waals surface area contributed by atoms with Gasteiger partial charge in [0.05, 0.1) is 6.04 Å². The Bertz CT molecular complexity index is 1380. The van der Waals surface area contributed by atoms with Crippen LogP contribution in [0.1, 0.15) is 65.0 Å². The summed E-state index contributed by atoms with van der Waals surface area (Å²) in [6.45, 7) is 4.14. The van der Waals surface area contributed by atoms with Gasteiger partial charge in [-0.15, -0.1) is 0 Å². The molecule has 36 heavy (non-hydrogen) atoms. The number of likely N-dealkylation sites (tertiary alicyclic amines) is 1. The molecule has 10 heteroatoms. The van der Waals surface area contributed by atoms with Crippen molar-refractivity contribution < 1.29 is 14.4 Å². The SMILES string of the molecule is CC#CC(=O)N1CCC[C@H]1c1nc(-c2ccc(C(=O)Nc3cc(CC)ccn3)cc2)c(C(N)=O)n1N. The van der Waals surface area contributed by atoms with E-state index in [-0.39, 0.29) is 23.2 Å². The van der Waals surface area contributed by atoms with Crippen molar-refractivity contribution in [3.8, 4) is 23.1 Å². The van der Waals surface area contributed by atoms with Gasteiger partial charge in [0.1, 0.15) is 11.5 Å². The summed E-state index contributed by atoms with van der Waals surface area (Å²) in [5, 5.41) is 2.79. The molecule has 0 aliphatic carbocycles. The van der Waals surface area contributed by atoms with Gasteiger partial charge in [0.15, 0.2) is 11.5 Å². The second-order valence-electron chi connectivity index (χ2n) is 8.37. The average molecular weight is 486 g/mol. The maximum Gasteiger partial charge on any atom is 0.299 e. The number of hydrogen-bond acceptors (Lipinski definition) is 6. The molecule has 2 aromatic heterocycles. The number of imidazole rings is 1. The van der Waals surface area contributed by atoms with Crippen LogP contribution in [0.15, 0.2) is 42.6 Å². The number of carbonyl (C=O) groups is 3. The van der Waals surface area contributed by atoms with Crippen molar-refractivity contribution in [1.82, 2.24) is 19.5 Å². The van der Waals surface area contributed by atoms with Gasteiger partial charge >= 0.3 is 0 Å². The van der Waals surface area contributed by atoms with Gasteiger partial charge in [-0.3, -0.25) is 14.4 Å². The van der Waals surface area contributed by atoms with Crippen molar-refractivity contribution in [3.05, 3.63) is 65.2 Å². The molecule has 5 N–H and O–H groups in total. The van der Waals surface area contributed by atoms with Gasteiger partial charge in [0.2, 0.25) is 0 Å². The van der Waals surface area contributed by atoms with Crippen LogP contribution in [0.2, 0.25) is 0 Å². The summed E-state index contributed by atoms with van der Waals surface area (Å²) in [5.74, 6) is 10.8. The Hall–Kier alpha value is -4.65. The maximum absolute atomic E-state index is 12.7. The van der Waals surface area contributed by atoms with Crippen LogP contribution in [0.25, 0.3) is 11.3 Å². The second kappa shape index (κ2) is 10.3. The summed E-state index contributed by atoms with van der Waals surface area (Å²) in [7, 11) is 0. The number of rotatable bonds is 6. The number of anilines is 1. The monoisotopic (exact) mass is 485 g/mol. The van der Waals surface area contributed by atoms with Crippen LogP contribution in [0.3, 0.4) is 0 Å². The molecule has 0 bridgehead atoms. The predicted molar refractivity (Wildman–Crippen MR) is 135 cm³/mol. The quantitative estimate of drug-likeness (QED) is 0.360. The van der Waals surface area contributed by atoms with E-state index in [1.54, 1.807) is 42.3 Å². The Morgan fingerprint density at radius 2 is 1.94 bits per heavy atom. The first-order valence-electron chi connectivity index (χ1n) is 11.6. The molecule has 1 aliphatic heterocycles. The van der Waals surface area contributed by atoms with Crippen LogP contribution < -0.4 is 16.9 Å². The zero-order valence-corrected chi connectivity index (χ0v) is 20.1. The van der Waals surface area contributed by atoms with Crippen molar-refractivity contribution >= 4 is 23.5 Å². The van der Waals surface area contributed by atoms with E-state index in [2.05, 4.69) is 27.1 Å². The smallest absolute Gasteiger partial charge is 0.299 e. The van der Waals surface area contributed by atoms with Gasteiger partial charge in [0, 0.05) is 23.9 Å². The first-order valence-corrected chi connectivity index (χ1v) is 11.6. The number of carbonyl (C=O) groups excluding carboxylic acids is 3. The number of pyridine rings is 1. The molecule has 1 aliphatic rings. The number of nitrogens with one attached hydrogen (secondary N) is 1. The fraction of sp³-hybridized carbons (Fsp3) is 0.269. The van der Waals surface area contributed by atoms with Crippen LogP contribution >= 0.6 is 0 Å². The Balaban J connectivity index is 1.63. The van der Waals surface area contributed by atoms with Crippen LogP contribution in [0.4, 0.5) is 5.82 Å². The molecule has 0 saturated carbocycles. The highest BCUT2D eigenvalue weighted by molar-refractivity contribution is 6.04. The van der Waals surface area contributed by atoms with Gasteiger partial charge in [0.25, 0.3) is 17.7 Å². The lowest BCUT2D eigenvalue weighted by molar-refractivity contribution is -0.126. The molecule has 3 amide bonds. The fourth-order valence-corrected chi connectivity index (χ4v) is 4.31. The number of amides is 3. The molecule has 184 valence electrons. The zero-order valence-electron chi connectivity index (χ0n) is 20.1. The van der Waals surface area contributed by atoms with Crippen LogP contribution in [-0.4, -0.2) is 43.8 Å². The number of nitrogens with zero attached hydrogens (tertiary/aromatic N) is 4. The number of nitrogen functional groups attached to an aromatic ring is 1. The third-order valence-electron chi connectivity index (χ3n) is 6.11. The highest BCUT2D eigenvalue weighted by Gasteiger charge is 2.35. The normalized spacial score (nSPS) is 14.7. The molecule has 1 atom stereocenters. The molecule has 1 aromatic carbocycles. The second-order valence-corrected chi connectivity index (χ2v) is 8.37. The first-order chi connectivity index (χ1) is 17.3. The van der Waals surface area contributed by atoms with E-state index in [4.69, 9.17) is 11.6 Å². The van der Waals surface area contributed by atoms with E-state index < -0.39 is 11.9 Å². The molecule has 1 saturated heterocycles. The maximum atomic E-state index is 12.7. The highest BCUT2D eigenvalue weighted by atomic mass is 16.2. The fourth-order valence-electron chi connectivity index (χ4n) is 4.31. The number of benzene rings is 1. The molecule has 0 unspecified atom stereocenters. The lowest BCUT2D eigenvalue weighted by Gasteiger charge is -2.21. The molecule has 0 spiro atoms. The van der Waals surface area contributed by atoms with E-state index >= 15 is 0 Å². The van der Waals surface area contributed by atoms with Crippen molar-refractivity contribution in [2.75, 3.05) is 17.7 Å². The summed E-state index contributed by atoms with van der Waals surface area (Å²) in [5.41, 5.74) is 7.96. The minimum absolute atomic E-state index is 0.0173. The summed E-state index contributed by atoms with van der Waals surface area (Å²) in [4.78, 5) is 47.9. The Kier molecular flexibility index (Phi) is 7.01. The van der Waals surface area contributed by atoms with Crippen molar-refractivity contribution in [1.29, 1.82) is 0 Å². The summed E-state index contributed by atoms with van der Waals surface area (Å²) in [6, 6.07) is 9.87. The predicted octanol–water partition coefficient (Wildman–Crippen LogP) is 2.26. The largest absolute Gasteiger partial charge is 0.364 e. The number of aromatic nitrogens is 3. The third-order valence-corrected chi connectivity index (χ3v) is 6.11. The van der Waals surface area contributed by atoms with Gasteiger partial charge in [-0.1, -0.05) is 25.0 Å². The van der Waals surface area contributed by atoms with E-state index in [0.717, 1.165) is 23.1 Å². The van der Waals surface area contributed by atoms with Crippen LogP contribution in [0.5, 0.6) is 0 Å². The molecular formula is C26H27N7O3. The minimum Gasteiger partial charge on any atom is -0.364 e. The molecule has 3 aromatic rings. The molecule has 3 heterocycles. The van der Waals surface area contributed by atoms with Gasteiger partial charge in [-0.25, -0.2) is 14.6 Å².